The molecule has 2 aromatic carbocycles. The molecular weight excluding hydrogens is 468 g/mol. The molecule has 34 heavy (non-hydrogen) atoms. The normalized spacial score (nSPS) is 15.3. The monoisotopic (exact) mass is 496 g/mol. The summed E-state index contributed by atoms with van der Waals surface area (Å²) >= 11 is 1.56. The number of nitrogens with zero attached hydrogens (tertiary/aromatic N) is 2. The molecule has 1 aliphatic carbocycles. The van der Waals surface area contributed by atoms with Crippen molar-refractivity contribution in [3.8, 4) is 32.8 Å². The van der Waals surface area contributed by atoms with Gasteiger partial charge in [-0.15, -0.1) is 11.3 Å². The van der Waals surface area contributed by atoms with E-state index in [-0.39, 0.29) is 17.9 Å². The first kappa shape index (κ1) is 24.4. The van der Waals surface area contributed by atoms with Crippen LogP contribution in [0.1, 0.15) is 43.0 Å². The van der Waals surface area contributed by atoms with E-state index in [1.54, 1.807) is 18.4 Å². The molecule has 178 valence electrons. The minimum absolute atomic E-state index is 0.0128. The van der Waals surface area contributed by atoms with Crippen LogP contribution in [0.5, 0.6) is 5.75 Å². The van der Waals surface area contributed by atoms with Crippen molar-refractivity contribution in [3.05, 3.63) is 59.3 Å². The second-order valence-electron chi connectivity index (χ2n) is 8.52. The second-order valence-corrected chi connectivity index (χ2v) is 11.4. The molecule has 0 radical (unpaired) electrons. The van der Waals surface area contributed by atoms with Gasteiger partial charge in [0.15, 0.2) is 0 Å². The van der Waals surface area contributed by atoms with Gasteiger partial charge in [0.2, 0.25) is 10.0 Å². The van der Waals surface area contributed by atoms with Crippen LogP contribution in [-0.4, -0.2) is 38.9 Å². The molecule has 0 aliphatic heterocycles. The van der Waals surface area contributed by atoms with Crippen molar-refractivity contribution in [2.45, 2.75) is 38.8 Å². The van der Waals surface area contributed by atoms with Crippen LogP contribution in [0.2, 0.25) is 0 Å². The standard InChI is InChI=1S/C25H28N4O3S2/c1-16(2)32-23-10-7-17(13-18(23)14-26)25-28-15-24(33-25)21-6-4-5-20-19(21)8-9-22(20)29-34(30,31)12-11-27-3/h4-7,10,13,15-16,22,27,29H,8-9,11-12H2,1-3H3/t22-/m1/s1. The fourth-order valence-corrected chi connectivity index (χ4v) is 6.39. The summed E-state index contributed by atoms with van der Waals surface area (Å²) in [6.45, 7) is 4.27. The van der Waals surface area contributed by atoms with Crippen LogP contribution in [-0.2, 0) is 16.4 Å². The van der Waals surface area contributed by atoms with Gasteiger partial charge >= 0.3 is 0 Å². The van der Waals surface area contributed by atoms with Crippen LogP contribution in [0.25, 0.3) is 21.0 Å². The Labute approximate surface area is 204 Å². The Bertz CT molecular complexity index is 1330. The Morgan fingerprint density at radius 3 is 2.85 bits per heavy atom. The van der Waals surface area contributed by atoms with Crippen LogP contribution in [0.3, 0.4) is 0 Å². The van der Waals surface area contributed by atoms with Gasteiger partial charge in [-0.1, -0.05) is 18.2 Å². The molecule has 1 heterocycles. The van der Waals surface area contributed by atoms with Gasteiger partial charge in [-0.25, -0.2) is 18.1 Å². The molecule has 1 aliphatic rings. The lowest BCUT2D eigenvalue weighted by Gasteiger charge is -2.15. The van der Waals surface area contributed by atoms with E-state index in [9.17, 15) is 13.7 Å². The van der Waals surface area contributed by atoms with Gasteiger partial charge in [0.1, 0.15) is 16.8 Å². The third kappa shape index (κ3) is 5.31. The number of sulfonamides is 1. The van der Waals surface area contributed by atoms with Gasteiger partial charge in [0, 0.05) is 24.3 Å². The Hall–Kier alpha value is -2.77. The van der Waals surface area contributed by atoms with Crippen LogP contribution < -0.4 is 14.8 Å². The van der Waals surface area contributed by atoms with Crippen LogP contribution in [0.4, 0.5) is 0 Å². The number of nitrogens with one attached hydrogen (secondary N) is 2. The molecule has 9 heteroatoms. The lowest BCUT2D eigenvalue weighted by molar-refractivity contribution is 0.242. The molecule has 0 bridgehead atoms. The first-order valence-corrected chi connectivity index (χ1v) is 13.7. The number of benzene rings is 2. The lowest BCUT2D eigenvalue weighted by Crippen LogP contribution is -2.33. The Balaban J connectivity index is 1.60. The van der Waals surface area contributed by atoms with Crippen LogP contribution in [0, 0.1) is 11.3 Å². The summed E-state index contributed by atoms with van der Waals surface area (Å²) in [6.07, 6.45) is 3.38. The first-order chi connectivity index (χ1) is 16.3. The number of fused-ring (bicyclic) bond motifs is 1. The average molecular weight is 497 g/mol. The van der Waals surface area contributed by atoms with Gasteiger partial charge in [-0.2, -0.15) is 5.26 Å². The Morgan fingerprint density at radius 2 is 2.12 bits per heavy atom. The number of hydrogen-bond acceptors (Lipinski definition) is 7. The number of ether oxygens (including phenoxy) is 1. The highest BCUT2D eigenvalue weighted by molar-refractivity contribution is 7.89. The molecule has 7 nitrogen and oxygen atoms in total. The number of nitriles is 1. The minimum atomic E-state index is -3.36. The molecular formula is C25H28N4O3S2. The maximum absolute atomic E-state index is 12.4. The van der Waals surface area contributed by atoms with Crippen LogP contribution >= 0.6 is 11.3 Å². The van der Waals surface area contributed by atoms with E-state index in [1.807, 2.05) is 50.4 Å². The smallest absolute Gasteiger partial charge is 0.213 e. The van der Waals surface area contributed by atoms with Gasteiger partial charge in [-0.05, 0) is 68.6 Å². The van der Waals surface area contributed by atoms with Gasteiger partial charge in [0.25, 0.3) is 0 Å². The van der Waals surface area contributed by atoms with Gasteiger partial charge in [-0.3, -0.25) is 0 Å². The van der Waals surface area contributed by atoms with Crippen molar-refractivity contribution in [1.82, 2.24) is 15.0 Å². The summed E-state index contributed by atoms with van der Waals surface area (Å²) < 4.78 is 33.4. The molecule has 4 rings (SSSR count). The van der Waals surface area contributed by atoms with Crippen molar-refractivity contribution in [1.29, 1.82) is 5.26 Å². The molecule has 0 fully saturated rings. The SMILES string of the molecule is CNCCS(=O)(=O)N[C@@H]1CCc2c(-c3cnc(-c4ccc(OC(C)C)c(C#N)c4)s3)cccc21. The van der Waals surface area contributed by atoms with E-state index >= 15 is 0 Å². The highest BCUT2D eigenvalue weighted by Gasteiger charge is 2.28. The number of thiazole rings is 1. The first-order valence-electron chi connectivity index (χ1n) is 11.2. The fourth-order valence-electron chi connectivity index (χ4n) is 4.16. The van der Waals surface area contributed by atoms with Crippen molar-refractivity contribution >= 4 is 21.4 Å². The highest BCUT2D eigenvalue weighted by Crippen LogP contribution is 2.41. The second kappa shape index (κ2) is 10.2. The average Bonchev–Trinajstić information content (AvgIpc) is 3.45. The van der Waals surface area contributed by atoms with E-state index in [1.165, 1.54) is 0 Å². The van der Waals surface area contributed by atoms with Gasteiger partial charge in [0.05, 0.1) is 22.3 Å². The molecule has 0 unspecified atom stereocenters. The maximum atomic E-state index is 12.4. The van der Waals surface area contributed by atoms with E-state index < -0.39 is 10.0 Å². The predicted molar refractivity (Wildman–Crippen MR) is 135 cm³/mol. The highest BCUT2D eigenvalue weighted by atomic mass is 32.2. The number of aromatic nitrogens is 1. The van der Waals surface area contributed by atoms with E-state index in [4.69, 9.17) is 4.74 Å². The van der Waals surface area contributed by atoms with E-state index in [2.05, 4.69) is 27.2 Å². The largest absolute Gasteiger partial charge is 0.490 e. The zero-order valence-electron chi connectivity index (χ0n) is 19.5. The van der Waals surface area contributed by atoms with Gasteiger partial charge < -0.3 is 10.1 Å². The molecule has 3 aromatic rings. The molecule has 0 spiro atoms. The fraction of sp³-hybridized carbons (Fsp3) is 0.360. The zero-order valence-corrected chi connectivity index (χ0v) is 21.1. The Kier molecular flexibility index (Phi) is 7.33. The quantitative estimate of drug-likeness (QED) is 0.459. The van der Waals surface area contributed by atoms with Crippen molar-refractivity contribution in [3.63, 3.8) is 0 Å². The maximum Gasteiger partial charge on any atom is 0.213 e. The number of hydrogen-bond donors (Lipinski definition) is 2. The summed E-state index contributed by atoms with van der Waals surface area (Å²) in [4.78, 5) is 5.64. The van der Waals surface area contributed by atoms with Crippen molar-refractivity contribution in [2.75, 3.05) is 19.3 Å². The summed E-state index contributed by atoms with van der Waals surface area (Å²) in [5.74, 6) is 0.626. The summed E-state index contributed by atoms with van der Waals surface area (Å²) in [6, 6.07) is 13.6. The molecule has 0 saturated carbocycles. The third-order valence-corrected chi connectivity index (χ3v) is 8.16. The summed E-state index contributed by atoms with van der Waals surface area (Å²) in [7, 11) is -1.62. The van der Waals surface area contributed by atoms with Crippen molar-refractivity contribution in [2.24, 2.45) is 0 Å². The molecule has 1 atom stereocenters. The minimum Gasteiger partial charge on any atom is -0.490 e. The predicted octanol–water partition coefficient (Wildman–Crippen LogP) is 4.26. The Morgan fingerprint density at radius 1 is 1.29 bits per heavy atom. The molecule has 2 N–H and O–H groups in total. The third-order valence-electron chi connectivity index (χ3n) is 5.69. The topological polar surface area (TPSA) is 104 Å². The van der Waals surface area contributed by atoms with E-state index in [0.29, 0.717) is 17.9 Å². The molecule has 0 saturated heterocycles. The molecule has 1 aromatic heterocycles. The lowest BCUT2D eigenvalue weighted by atomic mass is 10.0. The van der Waals surface area contributed by atoms with Crippen molar-refractivity contribution < 1.29 is 13.2 Å². The summed E-state index contributed by atoms with van der Waals surface area (Å²) in [5, 5.41) is 13.3. The summed E-state index contributed by atoms with van der Waals surface area (Å²) in [5.41, 5.74) is 4.63. The zero-order chi connectivity index (χ0) is 24.3. The molecule has 0 amide bonds. The van der Waals surface area contributed by atoms with Crippen LogP contribution in [0.15, 0.2) is 42.6 Å². The number of rotatable bonds is 9. The van der Waals surface area contributed by atoms with E-state index in [0.717, 1.165) is 45.0 Å².